The van der Waals surface area contributed by atoms with Gasteiger partial charge in [-0.05, 0) is 24.3 Å². The Balaban J connectivity index is 1.70. The van der Waals surface area contributed by atoms with Crippen LogP contribution in [-0.4, -0.2) is 31.2 Å². The van der Waals surface area contributed by atoms with E-state index in [2.05, 4.69) is 55.0 Å². The highest BCUT2D eigenvalue weighted by Crippen LogP contribution is 2.25. The number of nitrogens with two attached hydrogens (primary N) is 1. The summed E-state index contributed by atoms with van der Waals surface area (Å²) >= 11 is 3.53. The zero-order valence-electron chi connectivity index (χ0n) is 11.2. The number of halogens is 1. The average Bonchev–Trinajstić information content (AvgIpc) is 2.48. The molecule has 0 aliphatic carbocycles. The molecule has 1 saturated heterocycles. The summed E-state index contributed by atoms with van der Waals surface area (Å²) in [4.78, 5) is 8.77. The molecule has 0 radical (unpaired) electrons. The van der Waals surface area contributed by atoms with Crippen LogP contribution in [0, 0.1) is 0 Å². The minimum Gasteiger partial charge on any atom is -0.396 e. The van der Waals surface area contributed by atoms with Crippen molar-refractivity contribution in [3.63, 3.8) is 0 Å². The predicted molar refractivity (Wildman–Crippen MR) is 87.2 cm³/mol. The Hall–Kier alpha value is -1.75. The van der Waals surface area contributed by atoms with Crippen LogP contribution in [0.3, 0.4) is 0 Å². The SMILES string of the molecule is Nc1cnccc1N1CCN(c2cccc(Br)c2)CC1. The van der Waals surface area contributed by atoms with Crippen LogP contribution in [0.5, 0.6) is 0 Å². The molecule has 1 aromatic carbocycles. The third kappa shape index (κ3) is 2.72. The molecule has 0 atom stereocenters. The van der Waals surface area contributed by atoms with Crippen LogP contribution in [0.4, 0.5) is 17.1 Å². The topological polar surface area (TPSA) is 45.4 Å². The van der Waals surface area contributed by atoms with Crippen molar-refractivity contribution in [2.24, 2.45) is 0 Å². The van der Waals surface area contributed by atoms with Gasteiger partial charge in [0.25, 0.3) is 0 Å². The molecule has 0 spiro atoms. The number of aromatic nitrogens is 1. The second-order valence-corrected chi connectivity index (χ2v) is 5.80. The Morgan fingerprint density at radius 3 is 2.50 bits per heavy atom. The van der Waals surface area contributed by atoms with Gasteiger partial charge >= 0.3 is 0 Å². The molecule has 1 fully saturated rings. The number of hydrogen-bond donors (Lipinski definition) is 1. The Morgan fingerprint density at radius 1 is 1.05 bits per heavy atom. The Kier molecular flexibility index (Phi) is 3.78. The van der Waals surface area contributed by atoms with Crippen LogP contribution in [0.15, 0.2) is 47.2 Å². The summed E-state index contributed by atoms with van der Waals surface area (Å²) in [7, 11) is 0. The molecule has 1 aromatic heterocycles. The molecule has 2 aromatic rings. The Bertz CT molecular complexity index is 594. The van der Waals surface area contributed by atoms with Crippen LogP contribution in [-0.2, 0) is 0 Å². The zero-order valence-corrected chi connectivity index (χ0v) is 12.8. The molecule has 3 rings (SSSR count). The molecule has 0 saturated carbocycles. The summed E-state index contributed by atoms with van der Waals surface area (Å²) in [5, 5.41) is 0. The van der Waals surface area contributed by atoms with E-state index in [1.165, 1.54) is 5.69 Å². The van der Waals surface area contributed by atoms with E-state index in [1.54, 1.807) is 12.4 Å². The lowest BCUT2D eigenvalue weighted by Gasteiger charge is -2.37. The first-order chi connectivity index (χ1) is 9.74. The highest BCUT2D eigenvalue weighted by atomic mass is 79.9. The Labute approximate surface area is 127 Å². The first-order valence-electron chi connectivity index (χ1n) is 6.69. The van der Waals surface area contributed by atoms with E-state index in [4.69, 9.17) is 5.73 Å². The molecular weight excluding hydrogens is 316 g/mol. The van der Waals surface area contributed by atoms with Gasteiger partial charge in [-0.1, -0.05) is 22.0 Å². The molecule has 5 heteroatoms. The van der Waals surface area contributed by atoms with Crippen molar-refractivity contribution in [3.8, 4) is 0 Å². The van der Waals surface area contributed by atoms with Crippen molar-refractivity contribution in [2.45, 2.75) is 0 Å². The Morgan fingerprint density at radius 2 is 1.80 bits per heavy atom. The van der Waals surface area contributed by atoms with Crippen LogP contribution in [0.2, 0.25) is 0 Å². The van der Waals surface area contributed by atoms with Crippen molar-refractivity contribution < 1.29 is 0 Å². The number of rotatable bonds is 2. The van der Waals surface area contributed by atoms with Gasteiger partial charge in [0.15, 0.2) is 0 Å². The van der Waals surface area contributed by atoms with Crippen LogP contribution < -0.4 is 15.5 Å². The lowest BCUT2D eigenvalue weighted by Crippen LogP contribution is -2.46. The summed E-state index contributed by atoms with van der Waals surface area (Å²) in [6.45, 7) is 3.94. The van der Waals surface area contributed by atoms with Gasteiger partial charge in [0.1, 0.15) is 0 Å². The fourth-order valence-corrected chi connectivity index (χ4v) is 2.95. The van der Waals surface area contributed by atoms with Crippen molar-refractivity contribution in [1.82, 2.24) is 4.98 Å². The van der Waals surface area contributed by atoms with E-state index in [1.807, 2.05) is 6.07 Å². The zero-order chi connectivity index (χ0) is 13.9. The van der Waals surface area contributed by atoms with E-state index >= 15 is 0 Å². The second kappa shape index (κ2) is 5.71. The fraction of sp³-hybridized carbons (Fsp3) is 0.267. The van der Waals surface area contributed by atoms with Gasteiger partial charge < -0.3 is 15.5 Å². The number of nitrogen functional groups attached to an aromatic ring is 1. The minimum atomic E-state index is 0.753. The molecule has 104 valence electrons. The van der Waals surface area contributed by atoms with Crippen molar-refractivity contribution in [1.29, 1.82) is 0 Å². The number of piperazine rings is 1. The van der Waals surface area contributed by atoms with Crippen molar-refractivity contribution >= 4 is 33.0 Å². The molecule has 4 nitrogen and oxygen atoms in total. The highest BCUT2D eigenvalue weighted by Gasteiger charge is 2.18. The van der Waals surface area contributed by atoms with Gasteiger partial charge in [0.05, 0.1) is 17.6 Å². The van der Waals surface area contributed by atoms with Gasteiger partial charge in [-0.3, -0.25) is 4.98 Å². The van der Waals surface area contributed by atoms with Crippen molar-refractivity contribution in [2.75, 3.05) is 41.7 Å². The molecule has 20 heavy (non-hydrogen) atoms. The summed E-state index contributed by atoms with van der Waals surface area (Å²) < 4.78 is 1.12. The number of benzene rings is 1. The van der Waals surface area contributed by atoms with Gasteiger partial charge in [-0.25, -0.2) is 0 Å². The summed E-state index contributed by atoms with van der Waals surface area (Å²) in [6, 6.07) is 10.4. The van der Waals surface area contributed by atoms with E-state index < -0.39 is 0 Å². The lowest BCUT2D eigenvalue weighted by atomic mass is 10.2. The smallest absolute Gasteiger partial charge is 0.0738 e. The number of hydrogen-bond acceptors (Lipinski definition) is 4. The summed E-state index contributed by atoms with van der Waals surface area (Å²) in [5.41, 5.74) is 9.10. The van der Waals surface area contributed by atoms with Gasteiger partial charge in [0, 0.05) is 42.5 Å². The summed E-state index contributed by atoms with van der Waals surface area (Å²) in [6.07, 6.45) is 3.52. The maximum atomic E-state index is 5.99. The molecule has 0 amide bonds. The van der Waals surface area contributed by atoms with Crippen molar-refractivity contribution in [3.05, 3.63) is 47.2 Å². The van der Waals surface area contributed by atoms with Crippen LogP contribution in [0.1, 0.15) is 0 Å². The highest BCUT2D eigenvalue weighted by molar-refractivity contribution is 9.10. The maximum Gasteiger partial charge on any atom is 0.0738 e. The van der Waals surface area contributed by atoms with E-state index in [9.17, 15) is 0 Å². The number of pyridine rings is 1. The van der Waals surface area contributed by atoms with Gasteiger partial charge in [0.2, 0.25) is 0 Å². The summed E-state index contributed by atoms with van der Waals surface area (Å²) in [5.74, 6) is 0. The molecule has 0 bridgehead atoms. The van der Waals surface area contributed by atoms with E-state index in [0.717, 1.165) is 42.0 Å². The first-order valence-corrected chi connectivity index (χ1v) is 7.48. The van der Waals surface area contributed by atoms with Gasteiger partial charge in [-0.2, -0.15) is 0 Å². The second-order valence-electron chi connectivity index (χ2n) is 4.89. The standard InChI is InChI=1S/C15H17BrN4/c16-12-2-1-3-13(10-12)19-6-8-20(9-7-19)15-4-5-18-11-14(15)17/h1-5,10-11H,6-9,17H2. The number of nitrogens with zero attached hydrogens (tertiary/aromatic N) is 3. The molecule has 0 unspecified atom stereocenters. The monoisotopic (exact) mass is 332 g/mol. The van der Waals surface area contributed by atoms with Gasteiger partial charge in [-0.15, -0.1) is 0 Å². The molecule has 1 aliphatic heterocycles. The third-order valence-electron chi connectivity index (χ3n) is 3.62. The quantitative estimate of drug-likeness (QED) is 0.918. The largest absolute Gasteiger partial charge is 0.396 e. The average molecular weight is 333 g/mol. The maximum absolute atomic E-state index is 5.99. The van der Waals surface area contributed by atoms with Crippen LogP contribution in [0.25, 0.3) is 0 Å². The third-order valence-corrected chi connectivity index (χ3v) is 4.11. The molecular formula is C15H17BrN4. The minimum absolute atomic E-state index is 0.753. The van der Waals surface area contributed by atoms with Crippen LogP contribution >= 0.6 is 15.9 Å². The number of anilines is 3. The lowest BCUT2D eigenvalue weighted by molar-refractivity contribution is 0.654. The van der Waals surface area contributed by atoms with E-state index in [0.29, 0.717) is 0 Å². The molecule has 1 aliphatic rings. The predicted octanol–water partition coefficient (Wildman–Crippen LogP) is 2.75. The first kappa shape index (κ1) is 13.2. The molecule has 2 heterocycles. The molecule has 2 N–H and O–H groups in total. The fourth-order valence-electron chi connectivity index (χ4n) is 2.57. The normalized spacial score (nSPS) is 15.4. The van der Waals surface area contributed by atoms with E-state index in [-0.39, 0.29) is 0 Å².